The predicted octanol–water partition coefficient (Wildman–Crippen LogP) is 1.93. The van der Waals surface area contributed by atoms with E-state index in [4.69, 9.17) is 4.84 Å². The largest absolute Gasteiger partial charge is 0.338 e. The summed E-state index contributed by atoms with van der Waals surface area (Å²) in [6.45, 7) is 0.0530. The summed E-state index contributed by atoms with van der Waals surface area (Å²) < 4.78 is 13.8. The fraction of sp³-hybridized carbons (Fsp3) is 0.200. The molecule has 1 fully saturated rings. The van der Waals surface area contributed by atoms with Crippen LogP contribution in [0.15, 0.2) is 48.5 Å². The highest BCUT2D eigenvalue weighted by Crippen LogP contribution is 2.26. The molecule has 7 nitrogen and oxygen atoms in total. The molecule has 1 unspecified atom stereocenters. The maximum Gasteiger partial charge on any atom is 0.338 e. The van der Waals surface area contributed by atoms with Gasteiger partial charge in [-0.3, -0.25) is 14.4 Å². The summed E-state index contributed by atoms with van der Waals surface area (Å²) in [5.41, 5.74) is 0.651. The van der Waals surface area contributed by atoms with E-state index in [1.54, 1.807) is 30.3 Å². The maximum absolute atomic E-state index is 13.8. The third kappa shape index (κ3) is 3.02. The highest BCUT2D eigenvalue weighted by molar-refractivity contribution is 6.20. The number of fused-ring (bicyclic) bond motifs is 1. The van der Waals surface area contributed by atoms with Crippen LogP contribution in [0.25, 0.3) is 0 Å². The highest BCUT2D eigenvalue weighted by Gasteiger charge is 2.42. The van der Waals surface area contributed by atoms with Crippen LogP contribution in [0.1, 0.15) is 32.7 Å². The molecule has 2 aromatic rings. The Bertz CT molecular complexity index is 971. The Kier molecular flexibility index (Phi) is 4.38. The lowest BCUT2D eigenvalue weighted by atomic mass is 10.1. The van der Waals surface area contributed by atoms with Crippen LogP contribution in [0.4, 0.5) is 4.39 Å². The summed E-state index contributed by atoms with van der Waals surface area (Å²) in [5, 5.41) is 0.428. The number of hydrogen-bond donors (Lipinski definition) is 0. The smallest absolute Gasteiger partial charge is 0.337 e. The van der Waals surface area contributed by atoms with E-state index in [0.717, 1.165) is 0 Å². The van der Waals surface area contributed by atoms with E-state index in [1.165, 1.54) is 23.1 Å². The second kappa shape index (κ2) is 6.88. The molecule has 2 heterocycles. The molecule has 28 heavy (non-hydrogen) atoms. The minimum Gasteiger partial charge on any atom is -0.337 e. The Hall–Kier alpha value is -3.55. The quantitative estimate of drug-likeness (QED) is 0.755. The first-order chi connectivity index (χ1) is 13.5. The van der Waals surface area contributed by atoms with Crippen LogP contribution < -0.4 is 0 Å². The second-order valence-electron chi connectivity index (χ2n) is 6.63. The topological polar surface area (TPSA) is 84.0 Å². The average molecular weight is 382 g/mol. The van der Waals surface area contributed by atoms with Gasteiger partial charge in [-0.1, -0.05) is 35.4 Å². The molecule has 0 aromatic heterocycles. The molecule has 0 saturated carbocycles. The summed E-state index contributed by atoms with van der Waals surface area (Å²) in [5.74, 6) is -3.90. The summed E-state index contributed by atoms with van der Waals surface area (Å²) in [6, 6.07) is 12.2. The van der Waals surface area contributed by atoms with Gasteiger partial charge in [0.1, 0.15) is 5.82 Å². The normalized spacial score (nSPS) is 18.6. The lowest BCUT2D eigenvalue weighted by Gasteiger charge is -2.18. The number of hydrogen-bond acceptors (Lipinski definition) is 5. The molecule has 142 valence electrons. The third-order valence-corrected chi connectivity index (χ3v) is 4.80. The summed E-state index contributed by atoms with van der Waals surface area (Å²) >= 11 is 0. The van der Waals surface area contributed by atoms with E-state index in [1.807, 2.05) is 0 Å². The molecule has 0 spiro atoms. The Balaban J connectivity index is 1.43. The number of hydroxylamine groups is 2. The minimum absolute atomic E-state index is 0.0230. The fourth-order valence-electron chi connectivity index (χ4n) is 3.33. The highest BCUT2D eigenvalue weighted by atomic mass is 19.1. The predicted molar refractivity (Wildman–Crippen MR) is 93.0 cm³/mol. The van der Waals surface area contributed by atoms with Crippen LogP contribution in [-0.2, 0) is 21.0 Å². The number of halogens is 1. The van der Waals surface area contributed by atoms with Crippen molar-refractivity contribution in [1.82, 2.24) is 9.96 Å². The second-order valence-corrected chi connectivity index (χ2v) is 6.63. The lowest BCUT2D eigenvalue weighted by molar-refractivity contribution is -0.173. The van der Waals surface area contributed by atoms with Crippen molar-refractivity contribution in [1.29, 1.82) is 0 Å². The lowest BCUT2D eigenvalue weighted by Crippen LogP contribution is -2.36. The number of imide groups is 1. The Morgan fingerprint density at radius 3 is 2.25 bits per heavy atom. The van der Waals surface area contributed by atoms with Crippen LogP contribution >= 0.6 is 0 Å². The molecule has 1 atom stereocenters. The van der Waals surface area contributed by atoms with Crippen LogP contribution in [0.2, 0.25) is 0 Å². The number of carbonyl (C=O) groups is 4. The third-order valence-electron chi connectivity index (χ3n) is 4.80. The van der Waals surface area contributed by atoms with E-state index in [2.05, 4.69) is 0 Å². The first-order valence-corrected chi connectivity index (χ1v) is 8.66. The first-order valence-electron chi connectivity index (χ1n) is 8.66. The van der Waals surface area contributed by atoms with Gasteiger partial charge < -0.3 is 9.74 Å². The number of likely N-dealkylation sites (tertiary alicyclic amines) is 1. The molecule has 8 heteroatoms. The van der Waals surface area contributed by atoms with E-state index >= 15 is 0 Å². The van der Waals surface area contributed by atoms with Gasteiger partial charge in [-0.15, -0.1) is 0 Å². The Morgan fingerprint density at radius 1 is 1.00 bits per heavy atom. The van der Waals surface area contributed by atoms with Crippen LogP contribution in [0.3, 0.4) is 0 Å². The number of rotatable bonds is 4. The minimum atomic E-state index is -0.848. The average Bonchev–Trinajstić information content (AvgIpc) is 3.17. The molecular formula is C20H15FN2O5. The van der Waals surface area contributed by atoms with Crippen molar-refractivity contribution in [3.63, 3.8) is 0 Å². The zero-order valence-corrected chi connectivity index (χ0v) is 14.6. The zero-order valence-electron chi connectivity index (χ0n) is 14.6. The van der Waals surface area contributed by atoms with Crippen molar-refractivity contribution in [3.05, 3.63) is 71.0 Å². The fourth-order valence-corrected chi connectivity index (χ4v) is 3.33. The van der Waals surface area contributed by atoms with Gasteiger partial charge in [0.25, 0.3) is 11.8 Å². The molecule has 0 bridgehead atoms. The number of amides is 3. The first kappa shape index (κ1) is 17.8. The van der Waals surface area contributed by atoms with E-state index < -0.39 is 29.5 Å². The molecule has 4 rings (SSSR count). The standard InChI is InChI=1S/C20H15FN2O5/c21-16-8-4-1-5-12(16)10-22-11-13(9-17(22)24)20(27)28-23-18(25)14-6-2-3-7-15(14)19(23)26/h1-8,13H,9-11H2. The van der Waals surface area contributed by atoms with Gasteiger partial charge in [0.05, 0.1) is 17.0 Å². The van der Waals surface area contributed by atoms with Crippen molar-refractivity contribution in [2.45, 2.75) is 13.0 Å². The Labute approximate surface area is 159 Å². The SMILES string of the molecule is O=C(ON1C(=O)c2ccccc2C1=O)C1CC(=O)N(Cc2ccccc2F)C1. The van der Waals surface area contributed by atoms with Crippen molar-refractivity contribution in [2.75, 3.05) is 6.54 Å². The summed E-state index contributed by atoms with van der Waals surface area (Å²) in [6.07, 6.45) is -0.129. The van der Waals surface area contributed by atoms with Gasteiger partial charge in [0, 0.05) is 25.1 Å². The van der Waals surface area contributed by atoms with Gasteiger partial charge in [-0.2, -0.15) is 0 Å². The molecule has 2 aromatic carbocycles. The molecule has 2 aliphatic heterocycles. The molecule has 2 aliphatic rings. The summed E-state index contributed by atoms with van der Waals surface area (Å²) in [7, 11) is 0. The van der Waals surface area contributed by atoms with Crippen molar-refractivity contribution < 1.29 is 28.4 Å². The van der Waals surface area contributed by atoms with Gasteiger partial charge in [-0.05, 0) is 18.2 Å². The van der Waals surface area contributed by atoms with Crippen LogP contribution in [0.5, 0.6) is 0 Å². The monoisotopic (exact) mass is 382 g/mol. The van der Waals surface area contributed by atoms with Crippen LogP contribution in [-0.4, -0.2) is 40.2 Å². The molecule has 1 saturated heterocycles. The molecule has 0 N–H and O–H groups in total. The van der Waals surface area contributed by atoms with Crippen molar-refractivity contribution in [2.24, 2.45) is 5.92 Å². The maximum atomic E-state index is 13.8. The van der Waals surface area contributed by atoms with E-state index in [0.29, 0.717) is 10.6 Å². The van der Waals surface area contributed by atoms with Crippen LogP contribution in [0, 0.1) is 11.7 Å². The molecular weight excluding hydrogens is 367 g/mol. The molecule has 3 amide bonds. The van der Waals surface area contributed by atoms with E-state index in [9.17, 15) is 23.6 Å². The van der Waals surface area contributed by atoms with Gasteiger partial charge in [-0.25, -0.2) is 9.18 Å². The molecule has 0 aliphatic carbocycles. The van der Waals surface area contributed by atoms with E-state index in [-0.39, 0.29) is 36.5 Å². The number of benzene rings is 2. The van der Waals surface area contributed by atoms with Gasteiger partial charge in [0.15, 0.2) is 0 Å². The molecule has 0 radical (unpaired) electrons. The van der Waals surface area contributed by atoms with Gasteiger partial charge >= 0.3 is 5.97 Å². The Morgan fingerprint density at radius 2 is 1.61 bits per heavy atom. The van der Waals surface area contributed by atoms with Gasteiger partial charge in [0.2, 0.25) is 5.91 Å². The number of nitrogens with zero attached hydrogens (tertiary/aromatic N) is 2. The summed E-state index contributed by atoms with van der Waals surface area (Å²) in [4.78, 5) is 55.5. The zero-order chi connectivity index (χ0) is 19.8. The van der Waals surface area contributed by atoms with Crippen molar-refractivity contribution in [3.8, 4) is 0 Å². The number of carbonyl (C=O) groups excluding carboxylic acids is 4. The van der Waals surface area contributed by atoms with Crippen molar-refractivity contribution >= 4 is 23.7 Å².